The zero-order valence-electron chi connectivity index (χ0n) is 15.9. The van der Waals surface area contributed by atoms with Gasteiger partial charge < -0.3 is 10.2 Å². The van der Waals surface area contributed by atoms with Crippen LogP contribution in [0.5, 0.6) is 0 Å². The molecule has 0 spiro atoms. The van der Waals surface area contributed by atoms with Gasteiger partial charge in [-0.15, -0.1) is 10.2 Å². The molecule has 1 N–H and O–H groups in total. The third-order valence-electron chi connectivity index (χ3n) is 5.04. The van der Waals surface area contributed by atoms with E-state index in [0.717, 1.165) is 18.6 Å². The average molecular weight is 413 g/mol. The number of alkyl halides is 3. The molecule has 30 heavy (non-hydrogen) atoms. The molecule has 3 heterocycles. The van der Waals surface area contributed by atoms with Crippen LogP contribution in [0, 0.1) is 0 Å². The highest BCUT2D eigenvalue weighted by atomic mass is 19.4. The fourth-order valence-electron chi connectivity index (χ4n) is 3.51. The van der Waals surface area contributed by atoms with Gasteiger partial charge in [-0.25, -0.2) is 0 Å². The van der Waals surface area contributed by atoms with E-state index >= 15 is 0 Å². The quantitative estimate of drug-likeness (QED) is 0.657. The molecule has 4 rings (SSSR count). The second-order valence-corrected chi connectivity index (χ2v) is 6.99. The molecule has 9 heteroatoms. The van der Waals surface area contributed by atoms with Gasteiger partial charge in [-0.2, -0.15) is 13.2 Å². The van der Waals surface area contributed by atoms with E-state index in [0.29, 0.717) is 41.1 Å². The monoisotopic (exact) mass is 413 g/mol. The number of nitrogens with zero attached hydrogens (tertiary/aromatic N) is 4. The lowest BCUT2D eigenvalue weighted by atomic mass is 10.1. The van der Waals surface area contributed by atoms with Crippen LogP contribution in [0.2, 0.25) is 0 Å². The molecule has 1 atom stereocenters. The molecule has 2 aromatic heterocycles. The summed E-state index contributed by atoms with van der Waals surface area (Å²) >= 11 is 0. The molecule has 1 aromatic carbocycles. The number of nitrogens with one attached hydrogen (secondary N) is 1. The Labute approximate surface area is 170 Å². The summed E-state index contributed by atoms with van der Waals surface area (Å²) in [5.41, 5.74) is 0.812. The van der Waals surface area contributed by atoms with Crippen molar-refractivity contribution in [2.45, 2.75) is 18.6 Å². The summed E-state index contributed by atoms with van der Waals surface area (Å²) in [7, 11) is 0. The summed E-state index contributed by atoms with van der Waals surface area (Å²) < 4.78 is 38.5. The summed E-state index contributed by atoms with van der Waals surface area (Å²) in [4.78, 5) is 17.9. The van der Waals surface area contributed by atoms with Gasteiger partial charge in [-0.05, 0) is 36.8 Å². The third kappa shape index (κ3) is 3.83. The van der Waals surface area contributed by atoms with Crippen LogP contribution in [0.15, 0.2) is 55.3 Å². The molecule has 0 bridgehead atoms. The molecule has 0 aliphatic carbocycles. The highest BCUT2D eigenvalue weighted by Gasteiger charge is 2.30. The van der Waals surface area contributed by atoms with E-state index in [9.17, 15) is 18.0 Å². The number of pyridine rings is 1. The Bertz CT molecular complexity index is 1100. The maximum absolute atomic E-state index is 12.8. The highest BCUT2D eigenvalue weighted by Crippen LogP contribution is 2.33. The first-order valence-corrected chi connectivity index (χ1v) is 9.33. The summed E-state index contributed by atoms with van der Waals surface area (Å²) in [5, 5.41) is 12.4. The highest BCUT2D eigenvalue weighted by molar-refractivity contribution is 5.97. The van der Waals surface area contributed by atoms with Crippen LogP contribution < -0.4 is 5.32 Å². The minimum absolute atomic E-state index is 0.00896. The number of anilines is 1. The van der Waals surface area contributed by atoms with Gasteiger partial charge in [0.15, 0.2) is 5.82 Å². The second-order valence-electron chi connectivity index (χ2n) is 6.99. The Kier molecular flexibility index (Phi) is 5.11. The first-order valence-electron chi connectivity index (χ1n) is 9.33. The average Bonchev–Trinajstić information content (AvgIpc) is 3.21. The van der Waals surface area contributed by atoms with Crippen molar-refractivity contribution in [2.75, 3.05) is 18.4 Å². The number of carbonyl (C=O) groups excluding carboxylic acids is 1. The number of amides is 1. The van der Waals surface area contributed by atoms with Crippen molar-refractivity contribution in [3.8, 4) is 11.3 Å². The maximum Gasteiger partial charge on any atom is 0.416 e. The largest absolute Gasteiger partial charge is 0.416 e. The topological polar surface area (TPSA) is 71.0 Å². The van der Waals surface area contributed by atoms with Gasteiger partial charge in [0.2, 0.25) is 5.91 Å². The van der Waals surface area contributed by atoms with Gasteiger partial charge >= 0.3 is 6.18 Å². The zero-order valence-corrected chi connectivity index (χ0v) is 15.9. The standard InChI is InChI=1S/C21H18F3N5O/c1-2-17(30)29-11-9-15(12-29)26-20-19-16(4-3-10-25-19)18(27-28-20)13-5-7-14(8-6-13)21(22,23)24/h2-8,10,15H,1,9,11-12H2,(H,26,28)/t15-/m0/s1. The van der Waals surface area contributed by atoms with Crippen molar-refractivity contribution in [1.29, 1.82) is 0 Å². The number of benzene rings is 1. The van der Waals surface area contributed by atoms with Crippen LogP contribution in [0.4, 0.5) is 19.0 Å². The molecular formula is C21H18F3N5O. The number of aromatic nitrogens is 3. The Hall–Kier alpha value is -3.49. The van der Waals surface area contributed by atoms with Crippen molar-refractivity contribution < 1.29 is 18.0 Å². The molecule has 1 aliphatic heterocycles. The van der Waals surface area contributed by atoms with Crippen molar-refractivity contribution in [3.05, 3.63) is 60.8 Å². The van der Waals surface area contributed by atoms with Crippen molar-refractivity contribution >= 4 is 22.6 Å². The fourth-order valence-corrected chi connectivity index (χ4v) is 3.51. The number of fused-ring (bicyclic) bond motifs is 1. The summed E-state index contributed by atoms with van der Waals surface area (Å²) in [6.07, 6.45) is -0.744. The minimum atomic E-state index is -4.40. The van der Waals surface area contributed by atoms with E-state index in [1.807, 2.05) is 0 Å². The summed E-state index contributed by atoms with van der Waals surface area (Å²) in [5.74, 6) is 0.352. The first kappa shape index (κ1) is 19.8. The van der Waals surface area contributed by atoms with Crippen molar-refractivity contribution in [2.24, 2.45) is 0 Å². The number of hydrogen-bond donors (Lipinski definition) is 1. The van der Waals surface area contributed by atoms with Gasteiger partial charge in [0.1, 0.15) is 11.2 Å². The molecule has 6 nitrogen and oxygen atoms in total. The van der Waals surface area contributed by atoms with E-state index < -0.39 is 11.7 Å². The van der Waals surface area contributed by atoms with Gasteiger partial charge in [0.25, 0.3) is 0 Å². The molecule has 1 amide bonds. The number of carbonyl (C=O) groups is 1. The van der Waals surface area contributed by atoms with Crippen LogP contribution >= 0.6 is 0 Å². The molecule has 1 aliphatic rings. The van der Waals surface area contributed by atoms with Crippen molar-refractivity contribution in [1.82, 2.24) is 20.1 Å². The van der Waals surface area contributed by atoms with Crippen LogP contribution in [-0.4, -0.2) is 45.1 Å². The van der Waals surface area contributed by atoms with Crippen LogP contribution in [0.3, 0.4) is 0 Å². The first-order chi connectivity index (χ1) is 14.4. The smallest absolute Gasteiger partial charge is 0.362 e. The van der Waals surface area contributed by atoms with Crippen LogP contribution in [-0.2, 0) is 11.0 Å². The van der Waals surface area contributed by atoms with E-state index in [4.69, 9.17) is 0 Å². The van der Waals surface area contributed by atoms with E-state index in [1.54, 1.807) is 23.2 Å². The second kappa shape index (κ2) is 7.74. The van der Waals surface area contributed by atoms with E-state index in [2.05, 4.69) is 27.1 Å². The molecule has 3 aromatic rings. The Morgan fingerprint density at radius 1 is 1.20 bits per heavy atom. The van der Waals surface area contributed by atoms with Crippen LogP contribution in [0.1, 0.15) is 12.0 Å². The molecule has 0 saturated carbocycles. The minimum Gasteiger partial charge on any atom is -0.362 e. The van der Waals surface area contributed by atoms with Gasteiger partial charge in [0, 0.05) is 36.3 Å². The van der Waals surface area contributed by atoms with E-state index in [1.165, 1.54) is 18.2 Å². The SMILES string of the molecule is C=CC(=O)N1CC[C@H](Nc2nnc(-c3ccc(C(F)(F)F)cc3)c3cccnc23)C1. The molecule has 0 radical (unpaired) electrons. The number of halogens is 3. The van der Waals surface area contributed by atoms with E-state index in [-0.39, 0.29) is 11.9 Å². The lowest BCUT2D eigenvalue weighted by molar-refractivity contribution is -0.137. The normalized spacial score (nSPS) is 16.6. The predicted octanol–water partition coefficient (Wildman–Crippen LogP) is 3.91. The summed E-state index contributed by atoms with van der Waals surface area (Å²) in [6.45, 7) is 4.64. The Morgan fingerprint density at radius 3 is 2.67 bits per heavy atom. The van der Waals surface area contributed by atoms with Crippen LogP contribution in [0.25, 0.3) is 22.2 Å². The molecular weight excluding hydrogens is 395 g/mol. The predicted molar refractivity (Wildman–Crippen MR) is 107 cm³/mol. The number of likely N-dealkylation sites (tertiary alicyclic amines) is 1. The zero-order chi connectivity index (χ0) is 21.3. The Morgan fingerprint density at radius 2 is 1.97 bits per heavy atom. The van der Waals surface area contributed by atoms with Gasteiger partial charge in [-0.1, -0.05) is 18.7 Å². The number of rotatable bonds is 4. The lowest BCUT2D eigenvalue weighted by Crippen LogP contribution is -2.30. The van der Waals surface area contributed by atoms with Crippen molar-refractivity contribution in [3.63, 3.8) is 0 Å². The number of hydrogen-bond acceptors (Lipinski definition) is 5. The Balaban J connectivity index is 1.64. The third-order valence-corrected chi connectivity index (χ3v) is 5.04. The molecule has 1 saturated heterocycles. The molecule has 0 unspecified atom stereocenters. The van der Waals surface area contributed by atoms with Gasteiger partial charge in [-0.3, -0.25) is 9.78 Å². The fraction of sp³-hybridized carbons (Fsp3) is 0.238. The molecule has 154 valence electrons. The maximum atomic E-state index is 12.8. The van der Waals surface area contributed by atoms with Gasteiger partial charge in [0.05, 0.1) is 5.56 Å². The lowest BCUT2D eigenvalue weighted by Gasteiger charge is -2.16. The molecule has 1 fully saturated rings. The summed E-state index contributed by atoms with van der Waals surface area (Å²) in [6, 6.07) is 8.33.